The molecular weight excluding hydrogens is 318 g/mol. The number of thiophene rings is 1. The van der Waals surface area contributed by atoms with Gasteiger partial charge in [0.2, 0.25) is 10.0 Å². The third-order valence-corrected chi connectivity index (χ3v) is 8.14. The number of fused-ring (bicyclic) bond motifs is 2. The Morgan fingerprint density at radius 3 is 2.73 bits per heavy atom. The van der Waals surface area contributed by atoms with Crippen molar-refractivity contribution in [2.75, 3.05) is 12.3 Å². The van der Waals surface area contributed by atoms with Crippen LogP contribution in [0.5, 0.6) is 0 Å². The van der Waals surface area contributed by atoms with Crippen molar-refractivity contribution in [3.8, 4) is 0 Å². The first-order valence-corrected chi connectivity index (χ1v) is 10.4. The highest BCUT2D eigenvalue weighted by molar-refractivity contribution is 7.89. The minimum atomic E-state index is -3.43. The Bertz CT molecular complexity index is 664. The van der Waals surface area contributed by atoms with Crippen LogP contribution in [0, 0.1) is 16.7 Å². The van der Waals surface area contributed by atoms with Gasteiger partial charge < -0.3 is 0 Å². The summed E-state index contributed by atoms with van der Waals surface area (Å²) < 4.78 is 27.6. The van der Waals surface area contributed by atoms with Crippen LogP contribution in [0.4, 0.5) is 0 Å². The number of sulfonamides is 1. The lowest BCUT2D eigenvalue weighted by molar-refractivity contribution is -0.128. The lowest BCUT2D eigenvalue weighted by atomic mass is 9.70. The van der Waals surface area contributed by atoms with Gasteiger partial charge in [-0.1, -0.05) is 13.8 Å². The Hall–Kier alpha value is -0.720. The van der Waals surface area contributed by atoms with Crippen LogP contribution in [0.25, 0.3) is 0 Å². The zero-order valence-corrected chi connectivity index (χ0v) is 14.7. The summed E-state index contributed by atoms with van der Waals surface area (Å²) in [6, 6.07) is 2.00. The van der Waals surface area contributed by atoms with Crippen molar-refractivity contribution in [2.45, 2.75) is 39.5 Å². The van der Waals surface area contributed by atoms with Gasteiger partial charge in [0, 0.05) is 18.4 Å². The van der Waals surface area contributed by atoms with E-state index in [2.05, 4.69) is 18.6 Å². The van der Waals surface area contributed by atoms with Crippen LogP contribution in [-0.2, 0) is 21.2 Å². The molecule has 2 bridgehead atoms. The maximum absolute atomic E-state index is 12.5. The Balaban J connectivity index is 1.67. The number of hydrogen-bond acceptors (Lipinski definition) is 4. The number of rotatable bonds is 6. The Morgan fingerprint density at radius 2 is 2.18 bits per heavy atom. The molecule has 1 N–H and O–H groups in total. The molecule has 2 atom stereocenters. The summed E-state index contributed by atoms with van der Waals surface area (Å²) in [4.78, 5) is 12.4. The molecule has 3 rings (SSSR count). The van der Waals surface area contributed by atoms with Gasteiger partial charge in [-0.15, -0.1) is 0 Å². The summed E-state index contributed by atoms with van der Waals surface area (Å²) >= 11 is 1.61. The van der Waals surface area contributed by atoms with Crippen LogP contribution < -0.4 is 4.72 Å². The van der Waals surface area contributed by atoms with Crippen molar-refractivity contribution >= 4 is 27.1 Å². The van der Waals surface area contributed by atoms with E-state index >= 15 is 0 Å². The summed E-state index contributed by atoms with van der Waals surface area (Å²) in [5, 5.41) is 4.01. The Kier molecular flexibility index (Phi) is 3.98. The molecule has 122 valence electrons. The third-order valence-electron chi connectivity index (χ3n) is 5.89. The van der Waals surface area contributed by atoms with E-state index in [1.807, 2.05) is 16.8 Å². The summed E-state index contributed by atoms with van der Waals surface area (Å²) in [5.41, 5.74) is 0.266. The molecule has 2 aliphatic rings. The monoisotopic (exact) mass is 341 g/mol. The van der Waals surface area contributed by atoms with E-state index in [1.54, 1.807) is 11.3 Å². The molecule has 0 spiro atoms. The summed E-state index contributed by atoms with van der Waals surface area (Å²) in [6.07, 6.45) is 2.94. The second-order valence-corrected chi connectivity index (χ2v) is 9.79. The van der Waals surface area contributed by atoms with Crippen molar-refractivity contribution in [1.29, 1.82) is 0 Å². The fourth-order valence-corrected chi connectivity index (χ4v) is 6.81. The van der Waals surface area contributed by atoms with Crippen molar-refractivity contribution in [3.05, 3.63) is 22.4 Å². The average Bonchev–Trinajstić information content (AvgIpc) is 3.04. The van der Waals surface area contributed by atoms with Crippen LogP contribution >= 0.6 is 11.3 Å². The van der Waals surface area contributed by atoms with Crippen molar-refractivity contribution < 1.29 is 13.2 Å². The second-order valence-electron chi connectivity index (χ2n) is 7.20. The van der Waals surface area contributed by atoms with Crippen LogP contribution in [0.2, 0.25) is 0 Å². The third kappa shape index (κ3) is 2.55. The minimum absolute atomic E-state index is 0.0496. The molecule has 0 radical (unpaired) electrons. The number of nitrogens with one attached hydrogen (secondary N) is 1. The quantitative estimate of drug-likeness (QED) is 0.865. The maximum Gasteiger partial charge on any atom is 0.212 e. The minimum Gasteiger partial charge on any atom is -0.299 e. The van der Waals surface area contributed by atoms with Crippen LogP contribution in [-0.4, -0.2) is 26.5 Å². The van der Waals surface area contributed by atoms with Gasteiger partial charge >= 0.3 is 0 Å². The van der Waals surface area contributed by atoms with E-state index in [0.29, 0.717) is 25.3 Å². The number of Topliss-reactive ketones (excluding diaryl/α,β-unsaturated/α-hetero) is 1. The molecule has 2 aliphatic carbocycles. The van der Waals surface area contributed by atoms with Gasteiger partial charge in [-0.25, -0.2) is 13.1 Å². The molecule has 0 unspecified atom stereocenters. The normalized spacial score (nSPS) is 30.1. The molecule has 2 saturated carbocycles. The topological polar surface area (TPSA) is 63.2 Å². The molecule has 0 saturated heterocycles. The molecule has 22 heavy (non-hydrogen) atoms. The standard InChI is InChI=1S/C16H23NO3S2/c1-15(2)13-3-6-16(15,14(18)9-13)11-22(19,20)17-7-4-12-5-8-21-10-12/h5,8,10,13,17H,3-4,6-7,9,11H2,1-2H3/t13-,16+/m0/s1. The van der Waals surface area contributed by atoms with Crippen LogP contribution in [0.3, 0.4) is 0 Å². The molecule has 6 heteroatoms. The SMILES string of the molecule is CC1(C)[C@H]2CC[C@@]1(CS(=O)(=O)NCCc1ccsc1)C(=O)C2. The predicted molar refractivity (Wildman–Crippen MR) is 88.4 cm³/mol. The van der Waals surface area contributed by atoms with Gasteiger partial charge in [0.1, 0.15) is 5.78 Å². The fourth-order valence-electron chi connectivity index (χ4n) is 4.27. The van der Waals surface area contributed by atoms with Crippen LogP contribution in [0.15, 0.2) is 16.8 Å². The van der Waals surface area contributed by atoms with Crippen molar-refractivity contribution in [1.82, 2.24) is 4.72 Å². The molecule has 1 heterocycles. The van der Waals surface area contributed by atoms with Gasteiger partial charge in [0.25, 0.3) is 0 Å². The largest absolute Gasteiger partial charge is 0.299 e. The molecular formula is C16H23NO3S2. The van der Waals surface area contributed by atoms with Gasteiger partial charge in [0.05, 0.1) is 5.75 Å². The second kappa shape index (κ2) is 5.42. The van der Waals surface area contributed by atoms with Crippen molar-refractivity contribution in [2.24, 2.45) is 16.7 Å². The number of carbonyl (C=O) groups excluding carboxylic acids is 1. The lowest BCUT2D eigenvalue weighted by Gasteiger charge is -2.36. The van der Waals surface area contributed by atoms with E-state index < -0.39 is 15.4 Å². The first-order valence-electron chi connectivity index (χ1n) is 7.79. The van der Waals surface area contributed by atoms with Gasteiger partial charge in [-0.05, 0) is 53.0 Å². The molecule has 0 amide bonds. The first-order chi connectivity index (χ1) is 10.3. The zero-order chi connectivity index (χ0) is 16.0. The van der Waals surface area contributed by atoms with Gasteiger partial charge in [-0.3, -0.25) is 4.79 Å². The highest BCUT2D eigenvalue weighted by Gasteiger charge is 2.65. The molecule has 0 aliphatic heterocycles. The van der Waals surface area contributed by atoms with E-state index in [0.717, 1.165) is 18.4 Å². The first kappa shape index (κ1) is 16.1. The Morgan fingerprint density at radius 1 is 1.41 bits per heavy atom. The highest BCUT2D eigenvalue weighted by atomic mass is 32.2. The van der Waals surface area contributed by atoms with Crippen LogP contribution in [0.1, 0.15) is 38.7 Å². The number of ketones is 1. The summed E-state index contributed by atoms with van der Waals surface area (Å²) in [6.45, 7) is 4.53. The molecule has 0 aromatic carbocycles. The van der Waals surface area contributed by atoms with Gasteiger partial charge in [0.15, 0.2) is 0 Å². The molecule has 1 aromatic heterocycles. The van der Waals surface area contributed by atoms with Gasteiger partial charge in [-0.2, -0.15) is 11.3 Å². The molecule has 2 fully saturated rings. The predicted octanol–water partition coefficient (Wildman–Crippen LogP) is 2.61. The van der Waals surface area contributed by atoms with E-state index in [1.165, 1.54) is 0 Å². The van der Waals surface area contributed by atoms with Crippen molar-refractivity contribution in [3.63, 3.8) is 0 Å². The summed E-state index contributed by atoms with van der Waals surface area (Å²) in [7, 11) is -3.43. The highest BCUT2D eigenvalue weighted by Crippen LogP contribution is 2.64. The smallest absolute Gasteiger partial charge is 0.212 e. The number of hydrogen-bond donors (Lipinski definition) is 1. The lowest BCUT2D eigenvalue weighted by Crippen LogP contribution is -2.45. The number of carbonyl (C=O) groups is 1. The van der Waals surface area contributed by atoms with E-state index in [-0.39, 0.29) is 17.0 Å². The molecule has 4 nitrogen and oxygen atoms in total. The molecule has 1 aromatic rings. The summed E-state index contributed by atoms with van der Waals surface area (Å²) in [5.74, 6) is 0.448. The average molecular weight is 341 g/mol. The van der Waals surface area contributed by atoms with E-state index in [9.17, 15) is 13.2 Å². The fraction of sp³-hybridized carbons (Fsp3) is 0.688. The van der Waals surface area contributed by atoms with E-state index in [4.69, 9.17) is 0 Å². The zero-order valence-electron chi connectivity index (χ0n) is 13.1. The maximum atomic E-state index is 12.5. The Labute approximate surface area is 136 Å².